The number of ether oxygens (including phenoxy) is 1. The van der Waals surface area contributed by atoms with Crippen molar-refractivity contribution in [2.75, 3.05) is 12.9 Å². The predicted octanol–water partition coefficient (Wildman–Crippen LogP) is 2.13. The molecule has 2 aromatic carbocycles. The highest BCUT2D eigenvalue weighted by molar-refractivity contribution is 7.92. The quantitative estimate of drug-likeness (QED) is 0.623. The summed E-state index contributed by atoms with van der Waals surface area (Å²) in [4.78, 5) is 23.4. The summed E-state index contributed by atoms with van der Waals surface area (Å²) >= 11 is 0. The number of benzene rings is 2. The van der Waals surface area contributed by atoms with Gasteiger partial charge in [0.1, 0.15) is 5.75 Å². The molecule has 0 aliphatic carbocycles. The van der Waals surface area contributed by atoms with E-state index in [1.807, 2.05) is 0 Å². The van der Waals surface area contributed by atoms with E-state index in [0.717, 1.165) is 0 Å². The molecule has 0 atom stereocenters. The van der Waals surface area contributed by atoms with Crippen LogP contribution in [-0.4, -0.2) is 33.0 Å². The monoisotopic (exact) mass is 318 g/mol. The van der Waals surface area contributed by atoms with Gasteiger partial charge in [-0.1, -0.05) is 36.4 Å². The summed E-state index contributed by atoms with van der Waals surface area (Å²) in [6.45, 7) is 0. The molecule has 0 saturated heterocycles. The minimum Gasteiger partial charge on any atom is -0.465 e. The smallest absolute Gasteiger partial charge is 0.337 e. The van der Waals surface area contributed by atoms with Crippen LogP contribution in [0.1, 0.15) is 20.7 Å². The van der Waals surface area contributed by atoms with E-state index in [1.165, 1.54) is 31.4 Å². The lowest BCUT2D eigenvalue weighted by molar-refractivity contribution is 0.0600. The maximum Gasteiger partial charge on any atom is 0.337 e. The van der Waals surface area contributed by atoms with Crippen molar-refractivity contribution in [2.45, 2.75) is 4.90 Å². The fraction of sp³-hybridized carbons (Fsp3) is 0.125. The fourth-order valence-electron chi connectivity index (χ4n) is 1.90. The van der Waals surface area contributed by atoms with Crippen LogP contribution in [-0.2, 0) is 14.6 Å². The van der Waals surface area contributed by atoms with Crippen LogP contribution >= 0.6 is 0 Å². The molecule has 114 valence electrons. The van der Waals surface area contributed by atoms with Gasteiger partial charge in [-0.2, -0.15) is 0 Å². The molecule has 5 nitrogen and oxygen atoms in total. The van der Waals surface area contributed by atoms with Crippen LogP contribution in [0.3, 0.4) is 0 Å². The number of hydrogen-bond donors (Lipinski definition) is 0. The molecule has 0 amide bonds. The number of hydrogen-bond acceptors (Lipinski definition) is 5. The first-order valence-corrected chi connectivity index (χ1v) is 8.08. The largest absolute Gasteiger partial charge is 0.465 e. The molecule has 0 bridgehead atoms. The molecule has 0 N–H and O–H groups in total. The summed E-state index contributed by atoms with van der Waals surface area (Å²) in [5.74, 6) is -1.78. The summed E-state index contributed by atoms with van der Waals surface area (Å²) in [5.41, 5.74) is 0.450. The molecule has 6 heteroatoms. The standard InChI is InChI=1S/C16H14O5S/c1-21-16(18)13-8-5-9-14(10-13)22(19,20)11-15(17)12-6-3-2-4-7-12/h2-10H,11H2,1H3. The van der Waals surface area contributed by atoms with Crippen molar-refractivity contribution in [3.05, 3.63) is 65.7 Å². The number of rotatable bonds is 5. The summed E-state index contributed by atoms with van der Waals surface area (Å²) < 4.78 is 29.2. The molecule has 22 heavy (non-hydrogen) atoms. The summed E-state index contributed by atoms with van der Waals surface area (Å²) in [6, 6.07) is 13.6. The van der Waals surface area contributed by atoms with Gasteiger partial charge in [0.25, 0.3) is 0 Å². The van der Waals surface area contributed by atoms with Gasteiger partial charge in [-0.15, -0.1) is 0 Å². The van der Waals surface area contributed by atoms with E-state index in [1.54, 1.807) is 30.3 Å². The SMILES string of the molecule is COC(=O)c1cccc(S(=O)(=O)CC(=O)c2ccccc2)c1. The Labute approximate surface area is 128 Å². The molecule has 0 aliphatic heterocycles. The van der Waals surface area contributed by atoms with Gasteiger partial charge in [-0.3, -0.25) is 4.79 Å². The van der Waals surface area contributed by atoms with Crippen molar-refractivity contribution in [3.8, 4) is 0 Å². The molecule has 0 spiro atoms. The first-order chi connectivity index (χ1) is 10.4. The van der Waals surface area contributed by atoms with Crippen molar-refractivity contribution in [2.24, 2.45) is 0 Å². The first-order valence-electron chi connectivity index (χ1n) is 6.43. The van der Waals surface area contributed by atoms with Gasteiger partial charge < -0.3 is 4.74 Å². The van der Waals surface area contributed by atoms with Crippen LogP contribution in [0.15, 0.2) is 59.5 Å². The molecule has 2 rings (SSSR count). The number of carbonyl (C=O) groups is 2. The zero-order valence-corrected chi connectivity index (χ0v) is 12.7. The lowest BCUT2D eigenvalue weighted by Gasteiger charge is -2.06. The van der Waals surface area contributed by atoms with Crippen LogP contribution in [0.4, 0.5) is 0 Å². The van der Waals surface area contributed by atoms with E-state index >= 15 is 0 Å². The van der Waals surface area contributed by atoms with Crippen molar-refractivity contribution in [1.82, 2.24) is 0 Å². The van der Waals surface area contributed by atoms with Crippen molar-refractivity contribution in [3.63, 3.8) is 0 Å². The molecule has 0 saturated carbocycles. The summed E-state index contributed by atoms with van der Waals surface area (Å²) in [6.07, 6.45) is 0. The van der Waals surface area contributed by atoms with E-state index in [4.69, 9.17) is 0 Å². The Bertz CT molecular complexity index is 794. The van der Waals surface area contributed by atoms with Gasteiger partial charge >= 0.3 is 5.97 Å². The van der Waals surface area contributed by atoms with E-state index in [9.17, 15) is 18.0 Å². The molecule has 0 aliphatic rings. The van der Waals surface area contributed by atoms with Crippen LogP contribution in [0.2, 0.25) is 0 Å². The third-order valence-corrected chi connectivity index (χ3v) is 4.65. The Kier molecular flexibility index (Phi) is 4.72. The molecular formula is C16H14O5S. The van der Waals surface area contributed by atoms with E-state index < -0.39 is 27.3 Å². The minimum absolute atomic E-state index is 0.0836. The normalized spacial score (nSPS) is 11.0. The number of Topliss-reactive ketones (excluding diaryl/α,β-unsaturated/α-hetero) is 1. The average Bonchev–Trinajstić information content (AvgIpc) is 2.54. The predicted molar refractivity (Wildman–Crippen MR) is 80.6 cm³/mol. The van der Waals surface area contributed by atoms with Gasteiger partial charge in [-0.05, 0) is 18.2 Å². The Morgan fingerprint density at radius 1 is 0.955 bits per heavy atom. The van der Waals surface area contributed by atoms with Gasteiger partial charge in [-0.25, -0.2) is 13.2 Å². The Morgan fingerprint density at radius 2 is 1.59 bits per heavy atom. The maximum atomic E-state index is 12.3. The average molecular weight is 318 g/mol. The van der Waals surface area contributed by atoms with E-state index in [-0.39, 0.29) is 10.5 Å². The maximum absolute atomic E-state index is 12.3. The Morgan fingerprint density at radius 3 is 2.23 bits per heavy atom. The molecule has 0 radical (unpaired) electrons. The Hall–Kier alpha value is -2.47. The highest BCUT2D eigenvalue weighted by atomic mass is 32.2. The Balaban J connectivity index is 2.28. The second-order valence-electron chi connectivity index (χ2n) is 4.57. The lowest BCUT2D eigenvalue weighted by atomic mass is 10.2. The molecule has 0 fully saturated rings. The second-order valence-corrected chi connectivity index (χ2v) is 6.56. The number of sulfone groups is 1. The summed E-state index contributed by atoms with van der Waals surface area (Å²) in [5, 5.41) is 0. The third kappa shape index (κ3) is 3.59. The van der Waals surface area contributed by atoms with Crippen LogP contribution < -0.4 is 0 Å². The lowest BCUT2D eigenvalue weighted by Crippen LogP contribution is -2.17. The van der Waals surface area contributed by atoms with Crippen LogP contribution in [0, 0.1) is 0 Å². The zero-order chi connectivity index (χ0) is 16.2. The molecule has 0 unspecified atom stereocenters. The molecule has 0 heterocycles. The van der Waals surface area contributed by atoms with E-state index in [0.29, 0.717) is 5.56 Å². The third-order valence-electron chi connectivity index (χ3n) is 3.03. The highest BCUT2D eigenvalue weighted by Crippen LogP contribution is 2.15. The second kappa shape index (κ2) is 6.53. The van der Waals surface area contributed by atoms with Gasteiger partial charge in [0, 0.05) is 5.56 Å². The molecule has 2 aromatic rings. The number of esters is 1. The molecule has 0 aromatic heterocycles. The number of carbonyl (C=O) groups excluding carboxylic acids is 2. The van der Waals surface area contributed by atoms with Gasteiger partial charge in [0.05, 0.1) is 17.6 Å². The van der Waals surface area contributed by atoms with Crippen molar-refractivity contribution >= 4 is 21.6 Å². The first kappa shape index (κ1) is 15.9. The number of methoxy groups -OCH3 is 1. The summed E-state index contributed by atoms with van der Waals surface area (Å²) in [7, 11) is -2.62. The van der Waals surface area contributed by atoms with Crippen molar-refractivity contribution < 1.29 is 22.7 Å². The van der Waals surface area contributed by atoms with Crippen LogP contribution in [0.5, 0.6) is 0 Å². The van der Waals surface area contributed by atoms with Gasteiger partial charge in [0.2, 0.25) is 0 Å². The van der Waals surface area contributed by atoms with E-state index in [2.05, 4.69) is 4.74 Å². The topological polar surface area (TPSA) is 77.5 Å². The van der Waals surface area contributed by atoms with Crippen LogP contribution in [0.25, 0.3) is 0 Å². The number of ketones is 1. The zero-order valence-electron chi connectivity index (χ0n) is 11.9. The van der Waals surface area contributed by atoms with Crippen molar-refractivity contribution in [1.29, 1.82) is 0 Å². The fourth-order valence-corrected chi connectivity index (χ4v) is 3.17. The minimum atomic E-state index is -3.83. The highest BCUT2D eigenvalue weighted by Gasteiger charge is 2.21. The molecular weight excluding hydrogens is 304 g/mol. The van der Waals surface area contributed by atoms with Gasteiger partial charge in [0.15, 0.2) is 15.6 Å².